The predicted molar refractivity (Wildman–Crippen MR) is 131 cm³/mol. The maximum Gasteiger partial charge on any atom is 0.267 e. The molecular formula is C24H19Cl2N3O3S. The Morgan fingerprint density at radius 3 is 2.73 bits per heavy atom. The van der Waals surface area contributed by atoms with Gasteiger partial charge in [0.15, 0.2) is 0 Å². The van der Waals surface area contributed by atoms with Crippen molar-refractivity contribution in [2.24, 2.45) is 0 Å². The Balaban J connectivity index is 1.61. The number of amides is 2. The minimum Gasteiger partial charge on any atom is -0.457 e. The van der Waals surface area contributed by atoms with E-state index in [4.69, 9.17) is 27.6 Å². The van der Waals surface area contributed by atoms with Gasteiger partial charge in [0.05, 0.1) is 15.6 Å². The standard InChI is InChI=1S/C24H19Cl2N3O3S/c1-28-23(31)20-16-5-2-3-8-19(16)33-24(20)29-22(30)13(12-27)11-14-9-10-18(32-14)15-6-4-7-17(25)21(15)26/h4,6-7,9-11H,2-3,5,8H2,1H3,(H,28,31)(H,29,30). The Morgan fingerprint density at radius 2 is 1.97 bits per heavy atom. The van der Waals surface area contributed by atoms with E-state index < -0.39 is 5.91 Å². The van der Waals surface area contributed by atoms with Gasteiger partial charge in [-0.2, -0.15) is 5.26 Å². The summed E-state index contributed by atoms with van der Waals surface area (Å²) in [5.41, 5.74) is 1.92. The van der Waals surface area contributed by atoms with E-state index in [1.807, 2.05) is 6.07 Å². The molecule has 0 saturated carbocycles. The number of halogens is 2. The Kier molecular flexibility index (Phi) is 6.89. The van der Waals surface area contributed by atoms with Crippen molar-refractivity contribution in [1.29, 1.82) is 5.26 Å². The maximum absolute atomic E-state index is 12.9. The lowest BCUT2D eigenvalue weighted by Gasteiger charge is -2.12. The summed E-state index contributed by atoms with van der Waals surface area (Å²) < 4.78 is 5.77. The largest absolute Gasteiger partial charge is 0.457 e. The summed E-state index contributed by atoms with van der Waals surface area (Å²) in [6.07, 6.45) is 5.08. The van der Waals surface area contributed by atoms with Gasteiger partial charge < -0.3 is 15.1 Å². The number of thiophene rings is 1. The third-order valence-corrected chi connectivity index (χ3v) is 7.37. The first-order valence-electron chi connectivity index (χ1n) is 10.3. The zero-order valence-electron chi connectivity index (χ0n) is 17.6. The molecule has 33 heavy (non-hydrogen) atoms. The molecule has 0 radical (unpaired) electrons. The fraction of sp³-hybridized carbons (Fsp3) is 0.208. The van der Waals surface area contributed by atoms with Crippen molar-refractivity contribution in [2.45, 2.75) is 25.7 Å². The van der Waals surface area contributed by atoms with Gasteiger partial charge in [-0.05, 0) is 55.5 Å². The molecule has 0 bridgehead atoms. The number of benzene rings is 1. The molecule has 0 aliphatic heterocycles. The van der Waals surface area contributed by atoms with Crippen LogP contribution in [0.15, 0.2) is 40.3 Å². The van der Waals surface area contributed by atoms with Crippen molar-refractivity contribution < 1.29 is 14.0 Å². The summed E-state index contributed by atoms with van der Waals surface area (Å²) in [7, 11) is 1.56. The van der Waals surface area contributed by atoms with E-state index in [0.29, 0.717) is 37.7 Å². The summed E-state index contributed by atoms with van der Waals surface area (Å²) in [5, 5.41) is 16.2. The van der Waals surface area contributed by atoms with E-state index >= 15 is 0 Å². The van der Waals surface area contributed by atoms with Crippen molar-refractivity contribution in [3.05, 3.63) is 67.7 Å². The lowest BCUT2D eigenvalue weighted by molar-refractivity contribution is -0.112. The number of furan rings is 1. The molecule has 0 atom stereocenters. The van der Waals surface area contributed by atoms with E-state index in [1.165, 1.54) is 17.4 Å². The van der Waals surface area contributed by atoms with Gasteiger partial charge in [0.2, 0.25) is 0 Å². The van der Waals surface area contributed by atoms with Crippen molar-refractivity contribution in [2.75, 3.05) is 12.4 Å². The van der Waals surface area contributed by atoms with Crippen LogP contribution in [0.1, 0.15) is 39.4 Å². The van der Waals surface area contributed by atoms with Crippen LogP contribution >= 0.6 is 34.5 Å². The van der Waals surface area contributed by atoms with E-state index in [2.05, 4.69) is 10.6 Å². The summed E-state index contributed by atoms with van der Waals surface area (Å²) in [6.45, 7) is 0. The van der Waals surface area contributed by atoms with Gasteiger partial charge in [-0.15, -0.1) is 11.3 Å². The molecule has 2 heterocycles. The Hall–Kier alpha value is -3.05. The van der Waals surface area contributed by atoms with Gasteiger partial charge in [-0.25, -0.2) is 0 Å². The molecule has 4 rings (SSSR count). The Labute approximate surface area is 204 Å². The van der Waals surface area contributed by atoms with E-state index in [1.54, 1.807) is 37.4 Å². The fourth-order valence-corrected chi connectivity index (χ4v) is 5.43. The summed E-state index contributed by atoms with van der Waals surface area (Å²) in [5.74, 6) is -0.0923. The van der Waals surface area contributed by atoms with E-state index in [0.717, 1.165) is 36.1 Å². The van der Waals surface area contributed by atoms with Crippen LogP contribution in [0.25, 0.3) is 17.4 Å². The van der Waals surface area contributed by atoms with E-state index in [-0.39, 0.29) is 11.5 Å². The first-order chi connectivity index (χ1) is 15.9. The van der Waals surface area contributed by atoms with Crippen LogP contribution in [0, 0.1) is 11.3 Å². The number of nitrogens with zero attached hydrogens (tertiary/aromatic N) is 1. The van der Waals surface area contributed by atoms with Crippen molar-refractivity contribution in [3.8, 4) is 17.4 Å². The zero-order valence-corrected chi connectivity index (χ0v) is 20.0. The number of anilines is 1. The molecule has 0 unspecified atom stereocenters. The third-order valence-electron chi connectivity index (χ3n) is 5.35. The van der Waals surface area contributed by atoms with Crippen LogP contribution in [-0.2, 0) is 17.6 Å². The van der Waals surface area contributed by atoms with Gasteiger partial charge >= 0.3 is 0 Å². The second-order valence-corrected chi connectivity index (χ2v) is 9.31. The van der Waals surface area contributed by atoms with Crippen LogP contribution in [0.2, 0.25) is 10.0 Å². The summed E-state index contributed by atoms with van der Waals surface area (Å²) in [6, 6.07) is 10.4. The summed E-state index contributed by atoms with van der Waals surface area (Å²) in [4.78, 5) is 26.5. The number of rotatable bonds is 5. The van der Waals surface area contributed by atoms with E-state index in [9.17, 15) is 14.9 Å². The number of carbonyl (C=O) groups is 2. The first-order valence-corrected chi connectivity index (χ1v) is 11.8. The highest BCUT2D eigenvalue weighted by Crippen LogP contribution is 2.38. The Morgan fingerprint density at radius 1 is 1.18 bits per heavy atom. The van der Waals surface area contributed by atoms with Crippen molar-refractivity contribution >= 4 is 57.4 Å². The number of hydrogen-bond donors (Lipinski definition) is 2. The van der Waals surface area contributed by atoms with Crippen LogP contribution in [-0.4, -0.2) is 18.9 Å². The molecule has 1 aliphatic carbocycles. The topological polar surface area (TPSA) is 95.1 Å². The lowest BCUT2D eigenvalue weighted by atomic mass is 9.95. The molecule has 0 saturated heterocycles. The average Bonchev–Trinajstić information content (AvgIpc) is 3.42. The number of nitriles is 1. The monoisotopic (exact) mass is 499 g/mol. The van der Waals surface area contributed by atoms with Crippen LogP contribution in [0.4, 0.5) is 5.00 Å². The van der Waals surface area contributed by atoms with Crippen LogP contribution < -0.4 is 10.6 Å². The molecule has 2 N–H and O–H groups in total. The molecule has 1 aliphatic rings. The lowest BCUT2D eigenvalue weighted by Crippen LogP contribution is -2.22. The number of nitrogens with one attached hydrogen (secondary N) is 2. The highest BCUT2D eigenvalue weighted by Gasteiger charge is 2.26. The molecule has 0 spiro atoms. The molecule has 1 aromatic carbocycles. The van der Waals surface area contributed by atoms with Gasteiger partial charge in [0, 0.05) is 23.6 Å². The molecule has 3 aromatic rings. The number of carbonyl (C=O) groups excluding carboxylic acids is 2. The fourth-order valence-electron chi connectivity index (χ4n) is 3.75. The first kappa shape index (κ1) is 23.1. The van der Waals surface area contributed by atoms with Gasteiger partial charge in [0.25, 0.3) is 11.8 Å². The highest BCUT2D eigenvalue weighted by atomic mass is 35.5. The predicted octanol–water partition coefficient (Wildman–Crippen LogP) is 6.10. The second-order valence-electron chi connectivity index (χ2n) is 7.42. The van der Waals surface area contributed by atoms with Crippen molar-refractivity contribution in [3.63, 3.8) is 0 Å². The zero-order chi connectivity index (χ0) is 23.5. The second kappa shape index (κ2) is 9.84. The van der Waals surface area contributed by atoms with Crippen LogP contribution in [0.5, 0.6) is 0 Å². The third kappa shape index (κ3) is 4.69. The minimum absolute atomic E-state index is 0.151. The summed E-state index contributed by atoms with van der Waals surface area (Å²) >= 11 is 13.7. The molecule has 9 heteroatoms. The van der Waals surface area contributed by atoms with Crippen LogP contribution in [0.3, 0.4) is 0 Å². The molecule has 2 aromatic heterocycles. The van der Waals surface area contributed by atoms with Gasteiger partial charge in [-0.1, -0.05) is 29.3 Å². The van der Waals surface area contributed by atoms with Gasteiger partial charge in [-0.3, -0.25) is 9.59 Å². The number of hydrogen-bond acceptors (Lipinski definition) is 5. The highest BCUT2D eigenvalue weighted by molar-refractivity contribution is 7.17. The van der Waals surface area contributed by atoms with Gasteiger partial charge in [0.1, 0.15) is 28.2 Å². The number of fused-ring (bicyclic) bond motifs is 1. The minimum atomic E-state index is -0.611. The smallest absolute Gasteiger partial charge is 0.267 e. The normalized spacial score (nSPS) is 13.2. The quantitative estimate of drug-likeness (QED) is 0.327. The Bertz CT molecular complexity index is 1320. The molecule has 2 amide bonds. The average molecular weight is 500 g/mol. The SMILES string of the molecule is CNC(=O)c1c(NC(=O)C(C#N)=Cc2ccc(-c3cccc(Cl)c3Cl)o2)sc2c1CCCC2. The molecule has 168 valence electrons. The van der Waals surface area contributed by atoms with Crippen molar-refractivity contribution in [1.82, 2.24) is 5.32 Å². The number of aryl methyl sites for hydroxylation is 1. The molecular weight excluding hydrogens is 481 g/mol. The maximum atomic E-state index is 12.9. The molecule has 6 nitrogen and oxygen atoms in total. The molecule has 0 fully saturated rings.